The Morgan fingerprint density at radius 3 is 2.54 bits per heavy atom. The zero-order valence-corrected chi connectivity index (χ0v) is 7.21. The molecule has 70 valence electrons. The lowest BCUT2D eigenvalue weighted by Crippen LogP contribution is -2.01. The van der Waals surface area contributed by atoms with E-state index in [1.54, 1.807) is 24.3 Å². The second-order valence-corrected chi connectivity index (χ2v) is 2.36. The number of carbonyl (C=O) groups excluding carboxylic acids is 1. The van der Waals surface area contributed by atoms with Crippen molar-refractivity contribution < 1.29 is 13.9 Å². The largest absolute Gasteiger partial charge is 0.494 e. The van der Waals surface area contributed by atoms with E-state index in [-0.39, 0.29) is 0 Å². The summed E-state index contributed by atoms with van der Waals surface area (Å²) in [4.78, 5) is 10.0. The van der Waals surface area contributed by atoms with Crippen LogP contribution in [0.2, 0.25) is 0 Å². The molecule has 1 aromatic rings. The van der Waals surface area contributed by atoms with Gasteiger partial charge in [-0.25, -0.2) is 4.79 Å². The Labute approximate surface area is 75.5 Å². The number of hydrogen-bond acceptors (Lipinski definition) is 2. The molecular formula is C9H10FNO2. The lowest BCUT2D eigenvalue weighted by molar-refractivity contribution is 0.235. The Hall–Kier alpha value is -1.58. The number of anilines is 1. The number of rotatable bonds is 3. The molecule has 0 radical (unpaired) electrons. The zero-order valence-electron chi connectivity index (χ0n) is 7.21. The minimum absolute atomic E-state index is 0.413. The van der Waals surface area contributed by atoms with E-state index in [0.29, 0.717) is 18.0 Å². The van der Waals surface area contributed by atoms with E-state index in [9.17, 15) is 9.18 Å². The van der Waals surface area contributed by atoms with Gasteiger partial charge in [-0.1, -0.05) is 0 Å². The van der Waals surface area contributed by atoms with Crippen LogP contribution in [-0.4, -0.2) is 12.8 Å². The highest BCUT2D eigenvalue weighted by molar-refractivity contribution is 5.83. The van der Waals surface area contributed by atoms with Crippen LogP contribution in [0.25, 0.3) is 0 Å². The van der Waals surface area contributed by atoms with Gasteiger partial charge in [0.15, 0.2) is 0 Å². The fourth-order valence-corrected chi connectivity index (χ4v) is 0.915. The molecule has 0 aromatic heterocycles. The molecule has 0 fully saturated rings. The van der Waals surface area contributed by atoms with Gasteiger partial charge in [-0.05, 0) is 31.2 Å². The Kier molecular flexibility index (Phi) is 3.25. The van der Waals surface area contributed by atoms with Crippen LogP contribution in [0.4, 0.5) is 14.9 Å². The zero-order chi connectivity index (χ0) is 9.68. The fourth-order valence-electron chi connectivity index (χ4n) is 0.915. The van der Waals surface area contributed by atoms with Crippen molar-refractivity contribution >= 4 is 11.8 Å². The Morgan fingerprint density at radius 2 is 2.08 bits per heavy atom. The third kappa shape index (κ3) is 3.11. The Balaban J connectivity index is 2.64. The lowest BCUT2D eigenvalue weighted by Gasteiger charge is -2.03. The second-order valence-electron chi connectivity index (χ2n) is 2.36. The van der Waals surface area contributed by atoms with Crippen molar-refractivity contribution in [2.45, 2.75) is 6.92 Å². The van der Waals surface area contributed by atoms with Crippen molar-refractivity contribution in [2.24, 2.45) is 0 Å². The average Bonchev–Trinajstić information content (AvgIpc) is 2.08. The number of nitrogens with one attached hydrogen (secondary N) is 1. The van der Waals surface area contributed by atoms with E-state index >= 15 is 0 Å². The van der Waals surface area contributed by atoms with Crippen molar-refractivity contribution in [3.63, 3.8) is 0 Å². The van der Waals surface area contributed by atoms with Crippen molar-refractivity contribution in [1.29, 1.82) is 0 Å². The third-order valence-electron chi connectivity index (χ3n) is 1.41. The summed E-state index contributed by atoms with van der Waals surface area (Å²) in [5.41, 5.74) is 0.413. The molecule has 1 N–H and O–H groups in total. The van der Waals surface area contributed by atoms with Crippen LogP contribution in [-0.2, 0) is 0 Å². The summed E-state index contributed by atoms with van der Waals surface area (Å²) < 4.78 is 17.0. The lowest BCUT2D eigenvalue weighted by atomic mass is 10.3. The van der Waals surface area contributed by atoms with E-state index in [0.717, 1.165) is 0 Å². The minimum atomic E-state index is -1.57. The average molecular weight is 183 g/mol. The second kappa shape index (κ2) is 4.45. The fraction of sp³-hybridized carbons (Fsp3) is 0.222. The summed E-state index contributed by atoms with van der Waals surface area (Å²) in [5, 5.41) is 2.01. The van der Waals surface area contributed by atoms with Gasteiger partial charge in [0.25, 0.3) is 0 Å². The van der Waals surface area contributed by atoms with Crippen molar-refractivity contribution in [3.05, 3.63) is 24.3 Å². The highest BCUT2D eigenvalue weighted by atomic mass is 19.1. The first kappa shape index (κ1) is 9.51. The monoisotopic (exact) mass is 183 g/mol. The standard InChI is InChI=1S/C9H10FNO2/c1-2-13-8-5-3-7(4-6-8)11-9(10)12/h3-6H,2H2,1H3,(H,11,12). The maximum atomic E-state index is 11.9. The maximum absolute atomic E-state index is 11.9. The SMILES string of the molecule is CCOc1ccc(NC(=O)F)cc1. The number of ether oxygens (including phenoxy) is 1. The molecule has 0 aliphatic rings. The van der Waals surface area contributed by atoms with Crippen molar-refractivity contribution in [3.8, 4) is 5.75 Å². The number of halogens is 1. The molecule has 0 aliphatic heterocycles. The van der Waals surface area contributed by atoms with Gasteiger partial charge < -0.3 is 4.74 Å². The third-order valence-corrected chi connectivity index (χ3v) is 1.41. The predicted molar refractivity (Wildman–Crippen MR) is 47.7 cm³/mol. The van der Waals surface area contributed by atoms with Crippen molar-refractivity contribution in [1.82, 2.24) is 0 Å². The van der Waals surface area contributed by atoms with Gasteiger partial charge in [-0.2, -0.15) is 0 Å². The summed E-state index contributed by atoms with van der Waals surface area (Å²) in [5.74, 6) is 0.694. The van der Waals surface area contributed by atoms with Crippen LogP contribution < -0.4 is 10.1 Å². The normalized spacial score (nSPS) is 9.38. The molecule has 0 aliphatic carbocycles. The number of amides is 1. The first-order chi connectivity index (χ1) is 6.22. The minimum Gasteiger partial charge on any atom is -0.494 e. The molecule has 3 nitrogen and oxygen atoms in total. The van der Waals surface area contributed by atoms with Crippen LogP contribution in [0.15, 0.2) is 24.3 Å². The van der Waals surface area contributed by atoms with Gasteiger partial charge in [0.1, 0.15) is 5.75 Å². The van der Waals surface area contributed by atoms with Crippen LogP contribution >= 0.6 is 0 Å². The molecule has 0 saturated heterocycles. The van der Waals surface area contributed by atoms with Gasteiger partial charge in [0.05, 0.1) is 6.61 Å². The van der Waals surface area contributed by atoms with Crippen LogP contribution in [0.5, 0.6) is 5.75 Å². The maximum Gasteiger partial charge on any atom is 0.401 e. The molecule has 4 heteroatoms. The molecule has 0 saturated carbocycles. The summed E-state index contributed by atoms with van der Waals surface area (Å²) >= 11 is 0. The first-order valence-electron chi connectivity index (χ1n) is 3.91. The highest BCUT2D eigenvalue weighted by Gasteiger charge is 1.98. The van der Waals surface area contributed by atoms with Crippen LogP contribution in [0, 0.1) is 0 Å². The summed E-state index contributed by atoms with van der Waals surface area (Å²) in [6.07, 6.45) is -1.57. The summed E-state index contributed by atoms with van der Waals surface area (Å²) in [6.45, 7) is 2.45. The quantitative estimate of drug-likeness (QED) is 0.577. The number of hydrogen-bond donors (Lipinski definition) is 1. The van der Waals surface area contributed by atoms with E-state index in [2.05, 4.69) is 0 Å². The van der Waals surface area contributed by atoms with E-state index in [4.69, 9.17) is 4.74 Å². The molecule has 1 amide bonds. The van der Waals surface area contributed by atoms with Gasteiger partial charge in [0.2, 0.25) is 0 Å². The molecular weight excluding hydrogens is 173 g/mol. The number of benzene rings is 1. The van der Waals surface area contributed by atoms with E-state index in [1.165, 1.54) is 0 Å². The van der Waals surface area contributed by atoms with Gasteiger partial charge in [0, 0.05) is 5.69 Å². The van der Waals surface area contributed by atoms with E-state index < -0.39 is 6.16 Å². The Morgan fingerprint density at radius 1 is 1.46 bits per heavy atom. The smallest absolute Gasteiger partial charge is 0.401 e. The number of carbonyl (C=O) groups is 1. The molecule has 0 heterocycles. The molecule has 0 spiro atoms. The van der Waals surface area contributed by atoms with E-state index in [1.807, 2.05) is 12.2 Å². The topological polar surface area (TPSA) is 38.3 Å². The molecule has 0 bridgehead atoms. The predicted octanol–water partition coefficient (Wildman–Crippen LogP) is 2.59. The van der Waals surface area contributed by atoms with Crippen LogP contribution in [0.1, 0.15) is 6.92 Å². The van der Waals surface area contributed by atoms with Gasteiger partial charge in [-0.3, -0.25) is 5.32 Å². The Bertz CT molecular complexity index is 284. The van der Waals surface area contributed by atoms with Crippen LogP contribution in [0.3, 0.4) is 0 Å². The molecule has 1 aromatic carbocycles. The molecule has 0 atom stereocenters. The van der Waals surface area contributed by atoms with Crippen molar-refractivity contribution in [2.75, 3.05) is 11.9 Å². The molecule has 1 rings (SSSR count). The summed E-state index contributed by atoms with van der Waals surface area (Å²) in [6, 6.07) is 6.47. The molecule has 13 heavy (non-hydrogen) atoms. The van der Waals surface area contributed by atoms with Gasteiger partial charge in [-0.15, -0.1) is 4.39 Å². The van der Waals surface area contributed by atoms with Gasteiger partial charge >= 0.3 is 6.16 Å². The first-order valence-corrected chi connectivity index (χ1v) is 3.91. The summed E-state index contributed by atoms with van der Waals surface area (Å²) in [7, 11) is 0. The highest BCUT2D eigenvalue weighted by Crippen LogP contribution is 2.15. The molecule has 0 unspecified atom stereocenters.